The van der Waals surface area contributed by atoms with Crippen LogP contribution in [0.5, 0.6) is 11.6 Å². The van der Waals surface area contributed by atoms with Gasteiger partial charge in [0.05, 0.1) is 18.2 Å². The van der Waals surface area contributed by atoms with Crippen LogP contribution in [0.1, 0.15) is 44.6 Å². The van der Waals surface area contributed by atoms with Gasteiger partial charge in [0.2, 0.25) is 5.88 Å². The fourth-order valence-corrected chi connectivity index (χ4v) is 5.06. The molecule has 1 fully saturated rings. The van der Waals surface area contributed by atoms with Gasteiger partial charge in [-0.2, -0.15) is 0 Å². The zero-order chi connectivity index (χ0) is 22.0. The molecule has 1 aliphatic carbocycles. The van der Waals surface area contributed by atoms with Crippen LogP contribution in [0.25, 0.3) is 10.8 Å². The number of methoxy groups -OCH3 is 1. The lowest BCUT2D eigenvalue weighted by Gasteiger charge is -2.44. The summed E-state index contributed by atoms with van der Waals surface area (Å²) in [6.07, 6.45) is 6.13. The summed E-state index contributed by atoms with van der Waals surface area (Å²) < 4.78 is 25.2. The number of aromatic nitrogens is 1. The third-order valence-corrected chi connectivity index (χ3v) is 6.96. The number of benzene rings is 2. The number of hydrogen-bond donors (Lipinski definition) is 1. The van der Waals surface area contributed by atoms with Crippen molar-refractivity contribution in [3.63, 3.8) is 0 Å². The normalized spacial score (nSPS) is 22.3. The van der Waals surface area contributed by atoms with Crippen LogP contribution in [0, 0.1) is 5.82 Å². The van der Waals surface area contributed by atoms with E-state index in [9.17, 15) is 4.39 Å². The van der Waals surface area contributed by atoms with E-state index in [0.29, 0.717) is 16.7 Å². The van der Waals surface area contributed by atoms with Crippen molar-refractivity contribution in [2.75, 3.05) is 7.11 Å². The van der Waals surface area contributed by atoms with Crippen LogP contribution in [0.3, 0.4) is 0 Å². The minimum atomic E-state index is -0.223. The predicted octanol–water partition coefficient (Wildman–Crippen LogP) is 6.03. The Morgan fingerprint density at radius 3 is 2.55 bits per heavy atom. The summed E-state index contributed by atoms with van der Waals surface area (Å²) in [7, 11) is 1.59. The summed E-state index contributed by atoms with van der Waals surface area (Å²) >= 11 is 6.53. The molecule has 3 aromatic rings. The van der Waals surface area contributed by atoms with E-state index in [0.717, 1.165) is 48.4 Å². The molecule has 1 unspecified atom stereocenters. The molecule has 0 saturated heterocycles. The van der Waals surface area contributed by atoms with Crippen LogP contribution < -0.4 is 15.2 Å². The van der Waals surface area contributed by atoms with Gasteiger partial charge in [-0.05, 0) is 73.4 Å². The Labute approximate surface area is 187 Å². The van der Waals surface area contributed by atoms with Crippen LogP contribution >= 0.6 is 11.6 Å². The van der Waals surface area contributed by atoms with E-state index < -0.39 is 0 Å². The summed E-state index contributed by atoms with van der Waals surface area (Å²) in [4.78, 5) is 4.23. The SMILES string of the molecule is CCC(N)[C@]1(c2ccc(F)cc2)CC[C@H](Oc2cc3ccnc(OC)c3cc2Cl)CC1. The Kier molecular flexibility index (Phi) is 6.35. The summed E-state index contributed by atoms with van der Waals surface area (Å²) in [5.74, 6) is 0.988. The summed E-state index contributed by atoms with van der Waals surface area (Å²) in [5.41, 5.74) is 7.55. The molecule has 164 valence electrons. The predicted molar refractivity (Wildman–Crippen MR) is 123 cm³/mol. The van der Waals surface area contributed by atoms with Gasteiger partial charge >= 0.3 is 0 Å². The maximum atomic E-state index is 13.5. The second kappa shape index (κ2) is 9.01. The van der Waals surface area contributed by atoms with Crippen molar-refractivity contribution in [3.05, 3.63) is 65.1 Å². The smallest absolute Gasteiger partial charge is 0.221 e. The molecule has 0 aliphatic heterocycles. The van der Waals surface area contributed by atoms with Crippen LogP contribution in [0.15, 0.2) is 48.7 Å². The Bertz CT molecular complexity index is 1050. The lowest BCUT2D eigenvalue weighted by Crippen LogP contribution is -2.48. The van der Waals surface area contributed by atoms with E-state index in [1.165, 1.54) is 12.1 Å². The number of ether oxygens (including phenoxy) is 2. The van der Waals surface area contributed by atoms with E-state index in [2.05, 4.69) is 11.9 Å². The highest BCUT2D eigenvalue weighted by Gasteiger charge is 2.41. The first-order chi connectivity index (χ1) is 15.0. The van der Waals surface area contributed by atoms with Crippen molar-refractivity contribution in [2.24, 2.45) is 5.73 Å². The summed E-state index contributed by atoms with van der Waals surface area (Å²) in [6.45, 7) is 2.11. The molecule has 1 aromatic heterocycles. The second-order valence-corrected chi connectivity index (χ2v) is 8.73. The zero-order valence-electron chi connectivity index (χ0n) is 17.9. The first kappa shape index (κ1) is 21.8. The number of hydrogen-bond acceptors (Lipinski definition) is 4. The average Bonchev–Trinajstić information content (AvgIpc) is 2.80. The average molecular weight is 443 g/mol. The number of nitrogens with zero attached hydrogens (tertiary/aromatic N) is 1. The molecule has 0 bridgehead atoms. The van der Waals surface area contributed by atoms with Crippen LogP contribution in [0.4, 0.5) is 4.39 Å². The molecule has 0 spiro atoms. The number of nitrogens with two attached hydrogens (primary N) is 1. The molecular formula is C25H28ClFN2O2. The number of pyridine rings is 1. The highest BCUT2D eigenvalue weighted by molar-refractivity contribution is 6.33. The largest absolute Gasteiger partial charge is 0.489 e. The van der Waals surface area contributed by atoms with E-state index in [1.54, 1.807) is 13.3 Å². The van der Waals surface area contributed by atoms with Gasteiger partial charge in [0.1, 0.15) is 11.6 Å². The van der Waals surface area contributed by atoms with E-state index in [4.69, 9.17) is 26.8 Å². The Hall–Kier alpha value is -2.37. The number of fused-ring (bicyclic) bond motifs is 1. The van der Waals surface area contributed by atoms with Gasteiger partial charge in [-0.1, -0.05) is 30.7 Å². The molecule has 0 amide bonds. The van der Waals surface area contributed by atoms with Crippen molar-refractivity contribution >= 4 is 22.4 Å². The van der Waals surface area contributed by atoms with Crippen molar-refractivity contribution in [2.45, 2.75) is 56.6 Å². The number of rotatable bonds is 6. The van der Waals surface area contributed by atoms with Gasteiger partial charge in [-0.15, -0.1) is 0 Å². The molecule has 1 aliphatic rings. The molecule has 1 atom stereocenters. The van der Waals surface area contributed by atoms with Crippen LogP contribution in [0.2, 0.25) is 5.02 Å². The fraction of sp³-hybridized carbons (Fsp3) is 0.400. The van der Waals surface area contributed by atoms with Crippen LogP contribution in [-0.4, -0.2) is 24.2 Å². The Morgan fingerprint density at radius 1 is 1.19 bits per heavy atom. The number of halogens is 2. The lowest BCUT2D eigenvalue weighted by atomic mass is 9.64. The third kappa shape index (κ3) is 4.21. The quantitative estimate of drug-likeness (QED) is 0.506. The highest BCUT2D eigenvalue weighted by Crippen LogP contribution is 2.44. The third-order valence-electron chi connectivity index (χ3n) is 6.66. The molecule has 4 nitrogen and oxygen atoms in total. The van der Waals surface area contributed by atoms with Gasteiger partial charge in [-0.3, -0.25) is 0 Å². The monoisotopic (exact) mass is 442 g/mol. The standard InChI is InChI=1S/C25H28ClFN2O2/c1-3-23(28)25(17-4-6-18(27)7-5-17)11-8-19(9-12-25)31-22-14-16-10-13-29-24(30-2)20(16)15-21(22)26/h4-7,10,13-15,19,23H,3,8-9,11-12,28H2,1-2H3/t19-,23?,25+. The van der Waals surface area contributed by atoms with E-state index in [-0.39, 0.29) is 23.4 Å². The molecule has 0 radical (unpaired) electrons. The first-order valence-corrected chi connectivity index (χ1v) is 11.1. The maximum absolute atomic E-state index is 13.5. The fourth-order valence-electron chi connectivity index (χ4n) is 4.85. The molecule has 31 heavy (non-hydrogen) atoms. The van der Waals surface area contributed by atoms with Gasteiger partial charge < -0.3 is 15.2 Å². The van der Waals surface area contributed by atoms with Crippen LogP contribution in [-0.2, 0) is 5.41 Å². The molecule has 1 heterocycles. The highest BCUT2D eigenvalue weighted by atomic mass is 35.5. The Balaban J connectivity index is 1.54. The molecule has 2 aromatic carbocycles. The summed E-state index contributed by atoms with van der Waals surface area (Å²) in [5, 5.41) is 2.37. The topological polar surface area (TPSA) is 57.4 Å². The minimum Gasteiger partial charge on any atom is -0.489 e. The van der Waals surface area contributed by atoms with Crippen molar-refractivity contribution in [3.8, 4) is 11.6 Å². The van der Waals surface area contributed by atoms with Gasteiger partial charge in [0, 0.05) is 23.0 Å². The van der Waals surface area contributed by atoms with Gasteiger partial charge in [0.15, 0.2) is 0 Å². The molecule has 1 saturated carbocycles. The minimum absolute atomic E-state index is 0.0168. The zero-order valence-corrected chi connectivity index (χ0v) is 18.7. The van der Waals surface area contributed by atoms with Crippen molar-refractivity contribution in [1.29, 1.82) is 0 Å². The second-order valence-electron chi connectivity index (χ2n) is 8.32. The lowest BCUT2D eigenvalue weighted by molar-refractivity contribution is 0.104. The molecule has 4 rings (SSSR count). The van der Waals surface area contributed by atoms with E-state index >= 15 is 0 Å². The van der Waals surface area contributed by atoms with Gasteiger partial charge in [0.25, 0.3) is 0 Å². The van der Waals surface area contributed by atoms with Gasteiger partial charge in [-0.25, -0.2) is 9.37 Å². The molecule has 2 N–H and O–H groups in total. The Morgan fingerprint density at radius 2 is 1.90 bits per heavy atom. The summed E-state index contributed by atoms with van der Waals surface area (Å²) in [6, 6.07) is 12.5. The first-order valence-electron chi connectivity index (χ1n) is 10.8. The van der Waals surface area contributed by atoms with Crippen molar-refractivity contribution < 1.29 is 13.9 Å². The molecule has 6 heteroatoms. The van der Waals surface area contributed by atoms with E-state index in [1.807, 2.05) is 30.3 Å². The maximum Gasteiger partial charge on any atom is 0.221 e. The molecular weight excluding hydrogens is 415 g/mol. The van der Waals surface area contributed by atoms with Crippen molar-refractivity contribution in [1.82, 2.24) is 4.98 Å².